The Balaban J connectivity index is 1.83. The molecule has 2 saturated carbocycles. The fourth-order valence-electron chi connectivity index (χ4n) is 6.04. The topological polar surface area (TPSA) is 40.5 Å². The summed E-state index contributed by atoms with van der Waals surface area (Å²) in [6.45, 7) is 6.20. The summed E-state index contributed by atoms with van der Waals surface area (Å²) >= 11 is 0. The van der Waals surface area contributed by atoms with Crippen LogP contribution in [0.4, 0.5) is 4.39 Å². The number of aryl methyl sites for hydroxylation is 1. The predicted molar refractivity (Wildman–Crippen MR) is 88.1 cm³/mol. The molecule has 0 aromatic heterocycles. The number of halogens is 1. The minimum Gasteiger partial charge on any atom is -0.508 e. The third kappa shape index (κ3) is 1.83. The van der Waals surface area contributed by atoms with Gasteiger partial charge in [0, 0.05) is 5.41 Å². The number of alkyl halides is 1. The van der Waals surface area contributed by atoms with E-state index in [1.807, 2.05) is 12.1 Å². The lowest BCUT2D eigenvalue weighted by atomic mass is 9.47. The second-order valence-electron chi connectivity index (χ2n) is 8.05. The largest absolute Gasteiger partial charge is 0.508 e. The van der Waals surface area contributed by atoms with E-state index in [1.165, 1.54) is 11.1 Å². The fourth-order valence-corrected chi connectivity index (χ4v) is 6.04. The molecular formula is C20H25FO2. The Kier molecular flexibility index (Phi) is 3.19. The van der Waals surface area contributed by atoms with Crippen LogP contribution in [0.3, 0.4) is 0 Å². The minimum absolute atomic E-state index is 0.137. The molecule has 3 heteroatoms. The molecule has 6 atom stereocenters. The molecule has 2 fully saturated rings. The van der Waals surface area contributed by atoms with Gasteiger partial charge in [-0.3, -0.25) is 0 Å². The van der Waals surface area contributed by atoms with Crippen molar-refractivity contribution in [1.29, 1.82) is 0 Å². The van der Waals surface area contributed by atoms with Crippen LogP contribution in [-0.2, 0) is 6.42 Å². The van der Waals surface area contributed by atoms with Crippen LogP contribution in [0, 0.1) is 16.7 Å². The number of allylic oxidation sites excluding steroid dienone is 1. The molecule has 0 heterocycles. The first-order valence-corrected chi connectivity index (χ1v) is 8.70. The summed E-state index contributed by atoms with van der Waals surface area (Å²) in [6.07, 6.45) is 4.12. The van der Waals surface area contributed by atoms with Gasteiger partial charge in [-0.05, 0) is 72.6 Å². The monoisotopic (exact) mass is 316 g/mol. The van der Waals surface area contributed by atoms with Gasteiger partial charge in [0.25, 0.3) is 0 Å². The van der Waals surface area contributed by atoms with E-state index in [0.717, 1.165) is 25.7 Å². The zero-order valence-electron chi connectivity index (χ0n) is 13.6. The predicted octanol–water partition coefficient (Wildman–Crippen LogP) is 4.11. The van der Waals surface area contributed by atoms with Crippen molar-refractivity contribution in [3.63, 3.8) is 0 Å². The van der Waals surface area contributed by atoms with E-state index in [0.29, 0.717) is 18.1 Å². The van der Waals surface area contributed by atoms with E-state index in [4.69, 9.17) is 0 Å². The van der Waals surface area contributed by atoms with Gasteiger partial charge in [0.2, 0.25) is 0 Å². The first-order chi connectivity index (χ1) is 10.9. The second-order valence-corrected chi connectivity index (χ2v) is 8.05. The highest BCUT2D eigenvalue weighted by Crippen LogP contribution is 2.67. The molecule has 0 amide bonds. The maximum Gasteiger partial charge on any atom is 0.127 e. The highest BCUT2D eigenvalue weighted by molar-refractivity contribution is 5.43. The third-order valence-electron chi connectivity index (χ3n) is 7.25. The number of hydrogen-bond donors (Lipinski definition) is 2. The quantitative estimate of drug-likeness (QED) is 0.765. The van der Waals surface area contributed by atoms with Crippen molar-refractivity contribution in [1.82, 2.24) is 0 Å². The number of aromatic hydroxyl groups is 1. The lowest BCUT2D eigenvalue weighted by Gasteiger charge is -2.57. The number of aliphatic hydroxyl groups is 1. The highest BCUT2D eigenvalue weighted by atomic mass is 19.1. The third-order valence-corrected chi connectivity index (χ3v) is 7.25. The van der Waals surface area contributed by atoms with E-state index in [9.17, 15) is 14.6 Å². The van der Waals surface area contributed by atoms with Crippen LogP contribution in [0.5, 0.6) is 5.75 Å². The van der Waals surface area contributed by atoms with Crippen LogP contribution in [-0.4, -0.2) is 22.5 Å². The van der Waals surface area contributed by atoms with Gasteiger partial charge < -0.3 is 10.2 Å². The molecule has 0 aliphatic heterocycles. The summed E-state index contributed by atoms with van der Waals surface area (Å²) < 4.78 is 14.4. The molecule has 4 rings (SSSR count). The lowest BCUT2D eigenvalue weighted by Crippen LogP contribution is -2.50. The van der Waals surface area contributed by atoms with Crippen LogP contribution >= 0.6 is 0 Å². The Morgan fingerprint density at radius 2 is 2.13 bits per heavy atom. The van der Waals surface area contributed by atoms with Gasteiger partial charge in [0.1, 0.15) is 11.9 Å². The van der Waals surface area contributed by atoms with Crippen LogP contribution in [0.2, 0.25) is 0 Å². The number of hydrogen-bond acceptors (Lipinski definition) is 2. The molecule has 1 aromatic rings. The summed E-state index contributed by atoms with van der Waals surface area (Å²) in [4.78, 5) is 0. The Bertz CT molecular complexity index is 657. The van der Waals surface area contributed by atoms with Crippen LogP contribution in [0.1, 0.15) is 49.7 Å². The number of phenolic OH excluding ortho intramolecular Hbond substituents is 1. The SMILES string of the molecule is C=C[C@@]12CCc3cc(O)ccc3[C@H]1CC[C@]1(C)[C@H](O)[C@@H](F)C[C@H]12. The van der Waals surface area contributed by atoms with Gasteiger partial charge in [-0.1, -0.05) is 19.1 Å². The van der Waals surface area contributed by atoms with E-state index in [2.05, 4.69) is 19.6 Å². The van der Waals surface area contributed by atoms with Crippen molar-refractivity contribution in [2.45, 2.75) is 57.2 Å². The highest BCUT2D eigenvalue weighted by Gasteiger charge is 2.63. The van der Waals surface area contributed by atoms with Gasteiger partial charge in [-0.15, -0.1) is 6.58 Å². The molecule has 0 bridgehead atoms. The molecule has 1 aromatic carbocycles. The molecule has 2 nitrogen and oxygen atoms in total. The fraction of sp³-hybridized carbons (Fsp3) is 0.600. The summed E-state index contributed by atoms with van der Waals surface area (Å²) in [5, 5.41) is 20.2. The lowest BCUT2D eigenvalue weighted by molar-refractivity contribution is -0.0606. The Labute approximate surface area is 137 Å². The average Bonchev–Trinajstić information content (AvgIpc) is 2.78. The van der Waals surface area contributed by atoms with Crippen molar-refractivity contribution in [3.05, 3.63) is 42.0 Å². The van der Waals surface area contributed by atoms with E-state index >= 15 is 0 Å². The average molecular weight is 316 g/mol. The van der Waals surface area contributed by atoms with Gasteiger partial charge in [-0.25, -0.2) is 4.39 Å². The number of rotatable bonds is 1. The van der Waals surface area contributed by atoms with Crippen LogP contribution < -0.4 is 0 Å². The Hall–Kier alpha value is -1.35. The van der Waals surface area contributed by atoms with Crippen molar-refractivity contribution in [2.24, 2.45) is 16.7 Å². The van der Waals surface area contributed by atoms with Crippen LogP contribution in [0.15, 0.2) is 30.9 Å². The summed E-state index contributed by atoms with van der Waals surface area (Å²) in [5.74, 6) is 0.772. The van der Waals surface area contributed by atoms with Crippen molar-refractivity contribution in [3.8, 4) is 5.75 Å². The normalized spacial score (nSPS) is 45.0. The zero-order chi connectivity index (χ0) is 16.4. The summed E-state index contributed by atoms with van der Waals surface area (Å²) in [7, 11) is 0. The molecular weight excluding hydrogens is 291 g/mol. The van der Waals surface area contributed by atoms with Crippen molar-refractivity contribution in [2.75, 3.05) is 0 Å². The van der Waals surface area contributed by atoms with E-state index in [-0.39, 0.29) is 16.7 Å². The van der Waals surface area contributed by atoms with Gasteiger partial charge in [0.15, 0.2) is 0 Å². The Morgan fingerprint density at radius 1 is 1.35 bits per heavy atom. The second kappa shape index (κ2) is 4.83. The smallest absolute Gasteiger partial charge is 0.127 e. The summed E-state index contributed by atoms with van der Waals surface area (Å²) in [6, 6.07) is 5.67. The minimum atomic E-state index is -1.12. The number of benzene rings is 1. The standard InChI is InChI=1S/C20H25FO2/c1-3-20-9-6-12-10-13(22)4-5-14(12)15(20)7-8-19(2)17(20)11-16(21)18(19)23/h3-5,10,15-18,22-23H,1,6-9,11H2,2H3/t15-,16+,17-,18-,19+,20-/m1/s1. The summed E-state index contributed by atoms with van der Waals surface area (Å²) in [5.41, 5.74) is 2.01. The van der Waals surface area contributed by atoms with Crippen molar-refractivity contribution >= 4 is 0 Å². The molecule has 3 aliphatic carbocycles. The molecule has 2 N–H and O–H groups in total. The number of aliphatic hydroxyl groups excluding tert-OH is 1. The molecule has 0 spiro atoms. The Morgan fingerprint density at radius 3 is 2.87 bits per heavy atom. The van der Waals surface area contributed by atoms with Gasteiger partial charge in [0.05, 0.1) is 6.10 Å². The maximum atomic E-state index is 14.4. The van der Waals surface area contributed by atoms with Crippen LogP contribution in [0.25, 0.3) is 0 Å². The zero-order valence-corrected chi connectivity index (χ0v) is 13.6. The number of fused-ring (bicyclic) bond motifs is 5. The van der Waals surface area contributed by atoms with Crippen molar-refractivity contribution < 1.29 is 14.6 Å². The van der Waals surface area contributed by atoms with Gasteiger partial charge >= 0.3 is 0 Å². The van der Waals surface area contributed by atoms with Gasteiger partial charge in [-0.2, -0.15) is 0 Å². The van der Waals surface area contributed by atoms with E-state index in [1.54, 1.807) is 6.07 Å². The first kappa shape index (κ1) is 15.2. The first-order valence-electron chi connectivity index (χ1n) is 8.70. The maximum absolute atomic E-state index is 14.4. The number of phenols is 1. The molecule has 3 aliphatic rings. The molecule has 0 saturated heterocycles. The molecule has 124 valence electrons. The molecule has 0 radical (unpaired) electrons. The molecule has 0 unspecified atom stereocenters. The molecule has 23 heavy (non-hydrogen) atoms. The van der Waals surface area contributed by atoms with E-state index < -0.39 is 12.3 Å².